The van der Waals surface area contributed by atoms with Gasteiger partial charge in [0.25, 0.3) is 0 Å². The summed E-state index contributed by atoms with van der Waals surface area (Å²) >= 11 is 0. The van der Waals surface area contributed by atoms with E-state index in [4.69, 9.17) is 0 Å². The number of carbonyl (C=O) groups is 1. The molecule has 2 fully saturated rings. The van der Waals surface area contributed by atoms with Crippen molar-refractivity contribution in [3.05, 3.63) is 0 Å². The number of nitrogens with one attached hydrogen (secondary N) is 2. The highest BCUT2D eigenvalue weighted by Crippen LogP contribution is 2.23. The Bertz CT molecular complexity index is 337. The SMILES string of the molecule is CC1CCCN(C(C)(C)CNC(=O)NC2CCCCC2)C1. The molecule has 4 heteroatoms. The maximum Gasteiger partial charge on any atom is 0.315 e. The van der Waals surface area contributed by atoms with Gasteiger partial charge in [0.05, 0.1) is 0 Å². The van der Waals surface area contributed by atoms with Gasteiger partial charge in [-0.15, -0.1) is 0 Å². The van der Waals surface area contributed by atoms with Crippen LogP contribution in [0.1, 0.15) is 65.7 Å². The second kappa shape index (κ2) is 7.48. The minimum atomic E-state index is 0.0139. The molecule has 0 aromatic rings. The van der Waals surface area contributed by atoms with E-state index in [0.717, 1.165) is 38.4 Å². The van der Waals surface area contributed by atoms with Crippen molar-refractivity contribution in [3.8, 4) is 0 Å². The first-order valence-electron chi connectivity index (χ1n) is 8.77. The molecule has 1 unspecified atom stereocenters. The van der Waals surface area contributed by atoms with Gasteiger partial charge in [-0.2, -0.15) is 0 Å². The normalized spacial score (nSPS) is 25.6. The molecule has 0 radical (unpaired) electrons. The van der Waals surface area contributed by atoms with Crippen LogP contribution in [-0.2, 0) is 0 Å². The number of urea groups is 1. The van der Waals surface area contributed by atoms with Gasteiger partial charge in [0.2, 0.25) is 0 Å². The summed E-state index contributed by atoms with van der Waals surface area (Å²) < 4.78 is 0. The van der Waals surface area contributed by atoms with Crippen LogP contribution in [0, 0.1) is 5.92 Å². The lowest BCUT2D eigenvalue weighted by Gasteiger charge is -2.43. The Labute approximate surface area is 130 Å². The van der Waals surface area contributed by atoms with E-state index in [1.807, 2.05) is 0 Å². The number of hydrogen-bond donors (Lipinski definition) is 2. The van der Waals surface area contributed by atoms with Gasteiger partial charge in [-0.3, -0.25) is 4.90 Å². The predicted octanol–water partition coefficient (Wildman–Crippen LogP) is 3.13. The van der Waals surface area contributed by atoms with Gasteiger partial charge < -0.3 is 10.6 Å². The van der Waals surface area contributed by atoms with E-state index in [0.29, 0.717) is 6.04 Å². The minimum Gasteiger partial charge on any atom is -0.336 e. The summed E-state index contributed by atoms with van der Waals surface area (Å²) in [5.74, 6) is 0.772. The average molecular weight is 295 g/mol. The van der Waals surface area contributed by atoms with Crippen molar-refractivity contribution in [2.75, 3.05) is 19.6 Å². The molecule has 2 aliphatic rings. The third-order valence-electron chi connectivity index (χ3n) is 5.14. The topological polar surface area (TPSA) is 44.4 Å². The van der Waals surface area contributed by atoms with Crippen molar-refractivity contribution in [2.45, 2.75) is 77.3 Å². The van der Waals surface area contributed by atoms with Crippen LogP contribution >= 0.6 is 0 Å². The maximum absolute atomic E-state index is 12.1. The predicted molar refractivity (Wildman–Crippen MR) is 87.5 cm³/mol. The Kier molecular flexibility index (Phi) is 5.91. The molecule has 1 atom stereocenters. The van der Waals surface area contributed by atoms with Gasteiger partial charge in [0, 0.05) is 24.7 Å². The molecule has 1 saturated heterocycles. The number of amides is 2. The first-order chi connectivity index (χ1) is 9.97. The summed E-state index contributed by atoms with van der Waals surface area (Å²) in [5, 5.41) is 6.23. The third-order valence-corrected chi connectivity index (χ3v) is 5.14. The summed E-state index contributed by atoms with van der Waals surface area (Å²) in [5.41, 5.74) is 0.0403. The van der Waals surface area contributed by atoms with Gasteiger partial charge in [-0.25, -0.2) is 4.79 Å². The van der Waals surface area contributed by atoms with Crippen LogP contribution in [-0.4, -0.2) is 42.1 Å². The second-order valence-corrected chi connectivity index (χ2v) is 7.67. The summed E-state index contributed by atoms with van der Waals surface area (Å²) in [6, 6.07) is 0.400. The highest BCUT2D eigenvalue weighted by Gasteiger charge is 2.30. The number of rotatable bonds is 4. The van der Waals surface area contributed by atoms with Crippen molar-refractivity contribution in [2.24, 2.45) is 5.92 Å². The Hall–Kier alpha value is -0.770. The number of carbonyl (C=O) groups excluding carboxylic acids is 1. The Balaban J connectivity index is 1.73. The van der Waals surface area contributed by atoms with E-state index < -0.39 is 0 Å². The van der Waals surface area contributed by atoms with Crippen LogP contribution in [0.4, 0.5) is 4.79 Å². The molecule has 2 N–H and O–H groups in total. The van der Waals surface area contributed by atoms with Crippen LogP contribution < -0.4 is 10.6 Å². The van der Waals surface area contributed by atoms with Crippen molar-refractivity contribution in [1.82, 2.24) is 15.5 Å². The molecular weight excluding hydrogens is 262 g/mol. The lowest BCUT2D eigenvalue weighted by atomic mass is 9.93. The molecule has 2 rings (SSSR count). The standard InChI is InChI=1S/C17H33N3O/c1-14-8-7-11-20(12-14)17(2,3)13-18-16(21)19-15-9-5-4-6-10-15/h14-15H,4-13H2,1-3H3,(H2,18,19,21). The molecule has 1 aliphatic carbocycles. The summed E-state index contributed by atoms with van der Waals surface area (Å²) in [7, 11) is 0. The first-order valence-corrected chi connectivity index (χ1v) is 8.77. The molecule has 0 bridgehead atoms. The minimum absolute atomic E-state index is 0.0139. The van der Waals surface area contributed by atoms with E-state index in [-0.39, 0.29) is 11.6 Å². The summed E-state index contributed by atoms with van der Waals surface area (Å²) in [6.45, 7) is 9.84. The molecule has 1 aliphatic heterocycles. The van der Waals surface area contributed by atoms with E-state index in [1.54, 1.807) is 0 Å². The molecule has 0 aromatic carbocycles. The summed E-state index contributed by atoms with van der Waals surface area (Å²) in [4.78, 5) is 14.6. The molecule has 1 saturated carbocycles. The lowest BCUT2D eigenvalue weighted by molar-refractivity contribution is 0.0722. The van der Waals surface area contributed by atoms with Gasteiger partial charge in [0.15, 0.2) is 0 Å². The van der Waals surface area contributed by atoms with Crippen LogP contribution in [0.25, 0.3) is 0 Å². The van der Waals surface area contributed by atoms with Gasteiger partial charge >= 0.3 is 6.03 Å². The van der Waals surface area contributed by atoms with Gasteiger partial charge in [-0.05, 0) is 52.0 Å². The number of nitrogens with zero attached hydrogens (tertiary/aromatic N) is 1. The molecule has 4 nitrogen and oxygen atoms in total. The molecule has 21 heavy (non-hydrogen) atoms. The molecule has 2 amide bonds. The van der Waals surface area contributed by atoms with Crippen LogP contribution in [0.5, 0.6) is 0 Å². The van der Waals surface area contributed by atoms with Gasteiger partial charge in [-0.1, -0.05) is 26.2 Å². The molecular formula is C17H33N3O. The first kappa shape index (κ1) is 16.6. The number of likely N-dealkylation sites (tertiary alicyclic amines) is 1. The van der Waals surface area contributed by atoms with Crippen molar-refractivity contribution < 1.29 is 4.79 Å². The van der Waals surface area contributed by atoms with E-state index in [1.165, 1.54) is 32.1 Å². The fourth-order valence-corrected chi connectivity index (χ4v) is 3.63. The fraction of sp³-hybridized carbons (Fsp3) is 0.941. The monoisotopic (exact) mass is 295 g/mol. The Morgan fingerprint density at radius 3 is 2.52 bits per heavy atom. The summed E-state index contributed by atoms with van der Waals surface area (Å²) in [6.07, 6.45) is 8.71. The zero-order valence-corrected chi connectivity index (χ0v) is 14.1. The van der Waals surface area contributed by atoms with Crippen LogP contribution in [0.15, 0.2) is 0 Å². The zero-order valence-electron chi connectivity index (χ0n) is 14.1. The number of piperidine rings is 1. The Morgan fingerprint density at radius 1 is 1.14 bits per heavy atom. The Morgan fingerprint density at radius 2 is 1.86 bits per heavy atom. The quantitative estimate of drug-likeness (QED) is 0.837. The average Bonchev–Trinajstić information content (AvgIpc) is 2.46. The largest absolute Gasteiger partial charge is 0.336 e. The lowest BCUT2D eigenvalue weighted by Crippen LogP contribution is -2.56. The molecule has 1 heterocycles. The van der Waals surface area contributed by atoms with Gasteiger partial charge in [0.1, 0.15) is 0 Å². The second-order valence-electron chi connectivity index (χ2n) is 7.67. The molecule has 0 aromatic heterocycles. The van der Waals surface area contributed by atoms with Crippen LogP contribution in [0.3, 0.4) is 0 Å². The molecule has 122 valence electrons. The highest BCUT2D eigenvalue weighted by atomic mass is 16.2. The van der Waals surface area contributed by atoms with Crippen molar-refractivity contribution >= 4 is 6.03 Å². The number of hydrogen-bond acceptors (Lipinski definition) is 2. The van der Waals surface area contributed by atoms with E-state index >= 15 is 0 Å². The molecule has 0 spiro atoms. The third kappa shape index (κ3) is 5.17. The van der Waals surface area contributed by atoms with E-state index in [2.05, 4.69) is 36.3 Å². The maximum atomic E-state index is 12.1. The van der Waals surface area contributed by atoms with Crippen LogP contribution in [0.2, 0.25) is 0 Å². The highest BCUT2D eigenvalue weighted by molar-refractivity contribution is 5.74. The van der Waals surface area contributed by atoms with Crippen molar-refractivity contribution in [3.63, 3.8) is 0 Å². The smallest absolute Gasteiger partial charge is 0.315 e. The van der Waals surface area contributed by atoms with E-state index in [9.17, 15) is 4.79 Å². The fourth-order valence-electron chi connectivity index (χ4n) is 3.63. The zero-order chi connectivity index (χ0) is 15.3. The van der Waals surface area contributed by atoms with Crippen molar-refractivity contribution in [1.29, 1.82) is 0 Å².